The van der Waals surface area contributed by atoms with E-state index in [1.165, 1.54) is 4.31 Å². The van der Waals surface area contributed by atoms with Crippen molar-refractivity contribution in [1.29, 1.82) is 0 Å². The number of rotatable bonds is 12. The highest BCUT2D eigenvalue weighted by Crippen LogP contribution is 2.19. The summed E-state index contributed by atoms with van der Waals surface area (Å²) >= 11 is 3.41. The molecule has 1 atom stereocenters. The van der Waals surface area contributed by atoms with Crippen molar-refractivity contribution < 1.29 is 18.0 Å². The number of halogens is 1. The van der Waals surface area contributed by atoms with Gasteiger partial charge in [0.1, 0.15) is 6.04 Å². The van der Waals surface area contributed by atoms with Gasteiger partial charge in [0.2, 0.25) is 21.8 Å². The van der Waals surface area contributed by atoms with E-state index in [1.54, 1.807) is 36.1 Å². The minimum absolute atomic E-state index is 0.122. The van der Waals surface area contributed by atoms with Gasteiger partial charge in [0.25, 0.3) is 0 Å². The summed E-state index contributed by atoms with van der Waals surface area (Å²) in [6.07, 6.45) is 1.61. The van der Waals surface area contributed by atoms with Gasteiger partial charge in [0.05, 0.1) is 11.9 Å². The highest BCUT2D eigenvalue weighted by Gasteiger charge is 2.26. The van der Waals surface area contributed by atoms with Crippen LogP contribution in [-0.4, -0.2) is 50.5 Å². The second kappa shape index (κ2) is 12.9. The molecule has 0 aliphatic carbocycles. The normalized spacial score (nSPS) is 12.3. The summed E-state index contributed by atoms with van der Waals surface area (Å²) < 4.78 is 26.8. The van der Waals surface area contributed by atoms with Crippen molar-refractivity contribution in [3.8, 4) is 0 Å². The molecule has 2 rings (SSSR count). The Hall–Kier alpha value is -2.39. The van der Waals surface area contributed by atoms with Crippen LogP contribution in [0.3, 0.4) is 0 Å². The highest BCUT2D eigenvalue weighted by molar-refractivity contribution is 9.10. The second-order valence-electron chi connectivity index (χ2n) is 8.74. The maximum atomic E-state index is 13.2. The third-order valence-electron chi connectivity index (χ3n) is 5.31. The summed E-state index contributed by atoms with van der Waals surface area (Å²) in [6.45, 7) is 6.74. The Balaban J connectivity index is 2.13. The number of amides is 2. The first-order valence-electron chi connectivity index (χ1n) is 11.3. The molecule has 7 nitrogen and oxygen atoms in total. The van der Waals surface area contributed by atoms with E-state index in [0.29, 0.717) is 24.6 Å². The first-order valence-corrected chi connectivity index (χ1v) is 14.0. The molecule has 1 unspecified atom stereocenters. The third-order valence-corrected chi connectivity index (χ3v) is 7.04. The van der Waals surface area contributed by atoms with E-state index in [2.05, 4.69) is 21.2 Å². The van der Waals surface area contributed by atoms with Crippen LogP contribution in [0.5, 0.6) is 0 Å². The van der Waals surface area contributed by atoms with Gasteiger partial charge in [-0.3, -0.25) is 13.9 Å². The van der Waals surface area contributed by atoms with E-state index in [0.717, 1.165) is 16.3 Å². The molecule has 0 aliphatic rings. The zero-order chi connectivity index (χ0) is 25.3. The molecule has 9 heteroatoms. The summed E-state index contributed by atoms with van der Waals surface area (Å²) in [5.74, 6) is -0.107. The average molecular weight is 553 g/mol. The van der Waals surface area contributed by atoms with Crippen molar-refractivity contribution in [2.75, 3.05) is 23.7 Å². The van der Waals surface area contributed by atoms with E-state index >= 15 is 0 Å². The first-order chi connectivity index (χ1) is 16.0. The van der Waals surface area contributed by atoms with E-state index in [9.17, 15) is 18.0 Å². The number of para-hydroxylation sites is 1. The molecule has 1 N–H and O–H groups in total. The predicted octanol–water partition coefficient (Wildman–Crippen LogP) is 4.18. The molecule has 0 saturated heterocycles. The third kappa shape index (κ3) is 8.76. The fourth-order valence-electron chi connectivity index (χ4n) is 3.42. The number of carbonyl (C=O) groups is 2. The molecule has 0 radical (unpaired) electrons. The number of nitrogens with one attached hydrogen (secondary N) is 1. The number of hydrogen-bond donors (Lipinski definition) is 1. The minimum Gasteiger partial charge on any atom is -0.354 e. The van der Waals surface area contributed by atoms with Crippen molar-refractivity contribution >= 4 is 43.5 Å². The van der Waals surface area contributed by atoms with E-state index in [4.69, 9.17) is 0 Å². The average Bonchev–Trinajstić information content (AvgIpc) is 2.79. The Labute approximate surface area is 211 Å². The molecular weight excluding hydrogens is 518 g/mol. The van der Waals surface area contributed by atoms with Gasteiger partial charge in [-0.1, -0.05) is 60.1 Å². The summed E-state index contributed by atoms with van der Waals surface area (Å²) in [6, 6.07) is 15.8. The van der Waals surface area contributed by atoms with Gasteiger partial charge < -0.3 is 10.2 Å². The predicted molar refractivity (Wildman–Crippen MR) is 140 cm³/mol. The van der Waals surface area contributed by atoms with Crippen molar-refractivity contribution in [1.82, 2.24) is 10.2 Å². The Morgan fingerprint density at radius 2 is 1.62 bits per heavy atom. The smallest absolute Gasteiger partial charge is 0.242 e. The lowest BCUT2D eigenvalue weighted by atomic mass is 10.1. The molecule has 186 valence electrons. The van der Waals surface area contributed by atoms with Gasteiger partial charge in [0, 0.05) is 30.5 Å². The zero-order valence-corrected chi connectivity index (χ0v) is 22.6. The Kier molecular flexibility index (Phi) is 10.6. The van der Waals surface area contributed by atoms with Crippen LogP contribution < -0.4 is 9.62 Å². The number of carbonyl (C=O) groups excluding carboxylic acids is 2. The van der Waals surface area contributed by atoms with Crippen LogP contribution in [0.25, 0.3) is 0 Å². The number of sulfonamides is 1. The quantitative estimate of drug-likeness (QED) is 0.428. The maximum absolute atomic E-state index is 13.2. The van der Waals surface area contributed by atoms with Crippen LogP contribution in [0.15, 0.2) is 59.1 Å². The van der Waals surface area contributed by atoms with Gasteiger partial charge in [-0.25, -0.2) is 8.42 Å². The largest absolute Gasteiger partial charge is 0.354 e. The fourth-order valence-corrected chi connectivity index (χ4v) is 4.65. The Morgan fingerprint density at radius 1 is 1.00 bits per heavy atom. The van der Waals surface area contributed by atoms with Crippen LogP contribution >= 0.6 is 15.9 Å². The SMILES string of the molecule is CC(C)CNC(=O)C(C)N(Cc1ccc(Br)cc1)C(=O)CCCN(c1ccccc1)S(C)(=O)=O. The molecule has 34 heavy (non-hydrogen) atoms. The monoisotopic (exact) mass is 551 g/mol. The molecular formula is C25H34BrN3O4S. The van der Waals surface area contributed by atoms with Crippen LogP contribution in [0.1, 0.15) is 39.2 Å². The van der Waals surface area contributed by atoms with E-state index in [1.807, 2.05) is 44.2 Å². The molecule has 0 saturated carbocycles. The summed E-state index contributed by atoms with van der Waals surface area (Å²) in [5.41, 5.74) is 1.47. The standard InChI is InChI=1S/C25H34BrN3O4S/c1-19(2)17-27-25(31)20(3)28(18-21-12-14-22(26)15-13-21)24(30)11-8-16-29(34(4,32)33)23-9-6-5-7-10-23/h5-7,9-10,12-15,19-20H,8,11,16-18H2,1-4H3,(H,27,31). The van der Waals surface area contributed by atoms with E-state index < -0.39 is 16.1 Å². The zero-order valence-electron chi connectivity index (χ0n) is 20.2. The molecule has 0 fully saturated rings. The molecule has 0 aliphatic heterocycles. The van der Waals surface area contributed by atoms with Crippen molar-refractivity contribution in [3.05, 3.63) is 64.6 Å². The van der Waals surface area contributed by atoms with Crippen molar-refractivity contribution in [3.63, 3.8) is 0 Å². The molecule has 0 aromatic heterocycles. The molecule has 0 spiro atoms. The number of nitrogens with zero attached hydrogens (tertiary/aromatic N) is 2. The van der Waals surface area contributed by atoms with Crippen molar-refractivity contribution in [2.45, 2.75) is 46.2 Å². The van der Waals surface area contributed by atoms with Crippen LogP contribution in [0.4, 0.5) is 5.69 Å². The lowest BCUT2D eigenvalue weighted by Gasteiger charge is -2.29. The van der Waals surface area contributed by atoms with E-state index in [-0.39, 0.29) is 31.3 Å². The van der Waals surface area contributed by atoms with Gasteiger partial charge >= 0.3 is 0 Å². The van der Waals surface area contributed by atoms with Gasteiger partial charge in [-0.2, -0.15) is 0 Å². The summed E-state index contributed by atoms with van der Waals surface area (Å²) in [7, 11) is -3.49. The highest BCUT2D eigenvalue weighted by atomic mass is 79.9. The molecule has 2 amide bonds. The molecule has 2 aromatic carbocycles. The molecule has 2 aromatic rings. The van der Waals surface area contributed by atoms with Gasteiger partial charge in [-0.05, 0) is 49.1 Å². The first kappa shape index (κ1) is 27.9. The van der Waals surface area contributed by atoms with Gasteiger partial charge in [-0.15, -0.1) is 0 Å². The second-order valence-corrected chi connectivity index (χ2v) is 11.6. The van der Waals surface area contributed by atoms with Crippen molar-refractivity contribution in [2.24, 2.45) is 5.92 Å². The minimum atomic E-state index is -3.49. The fraction of sp³-hybridized carbons (Fsp3) is 0.440. The van der Waals surface area contributed by atoms with Crippen LogP contribution in [-0.2, 0) is 26.2 Å². The molecule has 0 bridgehead atoms. The summed E-state index contributed by atoms with van der Waals surface area (Å²) in [5, 5.41) is 2.90. The lowest BCUT2D eigenvalue weighted by Crippen LogP contribution is -2.48. The molecule has 0 heterocycles. The van der Waals surface area contributed by atoms with Gasteiger partial charge in [0.15, 0.2) is 0 Å². The maximum Gasteiger partial charge on any atom is 0.242 e. The Bertz CT molecular complexity index is 1040. The number of benzene rings is 2. The Morgan fingerprint density at radius 3 is 2.18 bits per heavy atom. The van der Waals surface area contributed by atoms with Crippen LogP contribution in [0, 0.1) is 5.92 Å². The topological polar surface area (TPSA) is 86.8 Å². The number of hydrogen-bond acceptors (Lipinski definition) is 4. The van der Waals surface area contributed by atoms with Crippen LogP contribution in [0.2, 0.25) is 0 Å². The number of anilines is 1. The lowest BCUT2D eigenvalue weighted by molar-refractivity contribution is -0.140. The summed E-state index contributed by atoms with van der Waals surface area (Å²) in [4.78, 5) is 27.5.